The lowest BCUT2D eigenvalue weighted by molar-refractivity contribution is -0.144. The number of rotatable bonds is 6. The van der Waals surface area contributed by atoms with Crippen LogP contribution < -0.4 is 0 Å². The first-order valence-electron chi connectivity index (χ1n) is 6.00. The average Bonchev–Trinajstić information content (AvgIpc) is 2.29. The largest absolute Gasteiger partial charge is 0.466 e. The SMILES string of the molecule is CCOC(=O)CC(C)Cc1ccccc1CO. The summed E-state index contributed by atoms with van der Waals surface area (Å²) in [6.45, 7) is 4.30. The van der Waals surface area contributed by atoms with E-state index in [1.165, 1.54) is 0 Å². The third-order valence-corrected chi connectivity index (χ3v) is 2.68. The summed E-state index contributed by atoms with van der Waals surface area (Å²) in [5, 5.41) is 9.21. The summed E-state index contributed by atoms with van der Waals surface area (Å²) in [7, 11) is 0. The number of ether oxygens (including phenoxy) is 1. The van der Waals surface area contributed by atoms with E-state index in [0.717, 1.165) is 17.5 Å². The predicted octanol–water partition coefficient (Wildman–Crippen LogP) is 2.31. The molecule has 3 heteroatoms. The van der Waals surface area contributed by atoms with Gasteiger partial charge in [-0.05, 0) is 30.4 Å². The van der Waals surface area contributed by atoms with Crippen LogP contribution in [0.2, 0.25) is 0 Å². The molecule has 3 nitrogen and oxygen atoms in total. The minimum absolute atomic E-state index is 0.0439. The third-order valence-electron chi connectivity index (χ3n) is 2.68. The van der Waals surface area contributed by atoms with Crippen LogP contribution in [0.1, 0.15) is 31.4 Å². The van der Waals surface area contributed by atoms with Crippen LogP contribution in [0.4, 0.5) is 0 Å². The van der Waals surface area contributed by atoms with Gasteiger partial charge in [-0.15, -0.1) is 0 Å². The Morgan fingerprint density at radius 3 is 2.59 bits per heavy atom. The van der Waals surface area contributed by atoms with Gasteiger partial charge in [0.1, 0.15) is 0 Å². The van der Waals surface area contributed by atoms with Crippen molar-refractivity contribution in [2.45, 2.75) is 33.3 Å². The highest BCUT2D eigenvalue weighted by molar-refractivity contribution is 5.69. The fourth-order valence-electron chi connectivity index (χ4n) is 1.86. The highest BCUT2D eigenvalue weighted by atomic mass is 16.5. The van der Waals surface area contributed by atoms with Gasteiger partial charge in [-0.2, -0.15) is 0 Å². The summed E-state index contributed by atoms with van der Waals surface area (Å²) >= 11 is 0. The molecule has 17 heavy (non-hydrogen) atoms. The van der Waals surface area contributed by atoms with Crippen LogP contribution in [0.15, 0.2) is 24.3 Å². The van der Waals surface area contributed by atoms with Gasteiger partial charge in [0.2, 0.25) is 0 Å². The zero-order valence-electron chi connectivity index (χ0n) is 10.5. The Morgan fingerprint density at radius 1 is 1.35 bits per heavy atom. The molecule has 0 aliphatic carbocycles. The lowest BCUT2D eigenvalue weighted by Crippen LogP contribution is -2.12. The number of hydrogen-bond donors (Lipinski definition) is 1. The topological polar surface area (TPSA) is 46.5 Å². The summed E-state index contributed by atoms with van der Waals surface area (Å²) in [5.41, 5.74) is 2.04. The lowest BCUT2D eigenvalue weighted by Gasteiger charge is -2.13. The van der Waals surface area contributed by atoms with Gasteiger partial charge in [0, 0.05) is 6.42 Å². The average molecular weight is 236 g/mol. The first-order chi connectivity index (χ1) is 8.17. The maximum atomic E-state index is 11.3. The Kier molecular flexibility index (Phi) is 5.70. The second kappa shape index (κ2) is 7.07. The molecule has 0 aliphatic heterocycles. The number of carbonyl (C=O) groups is 1. The van der Waals surface area contributed by atoms with Crippen molar-refractivity contribution in [1.29, 1.82) is 0 Å². The van der Waals surface area contributed by atoms with Gasteiger partial charge >= 0.3 is 5.97 Å². The minimum atomic E-state index is -0.151. The van der Waals surface area contributed by atoms with Crippen LogP contribution in [-0.2, 0) is 22.6 Å². The molecular weight excluding hydrogens is 216 g/mol. The molecular formula is C14H20O3. The molecule has 1 unspecified atom stereocenters. The molecule has 0 fully saturated rings. The Morgan fingerprint density at radius 2 is 2.00 bits per heavy atom. The van der Waals surface area contributed by atoms with E-state index >= 15 is 0 Å². The third kappa shape index (κ3) is 4.57. The van der Waals surface area contributed by atoms with Crippen LogP contribution in [0.25, 0.3) is 0 Å². The summed E-state index contributed by atoms with van der Waals surface area (Å²) in [6.07, 6.45) is 1.21. The molecule has 1 rings (SSSR count). The van der Waals surface area contributed by atoms with Crippen LogP contribution in [0.5, 0.6) is 0 Å². The van der Waals surface area contributed by atoms with E-state index in [-0.39, 0.29) is 18.5 Å². The second-order valence-corrected chi connectivity index (χ2v) is 4.25. The molecule has 1 N–H and O–H groups in total. The molecule has 1 atom stereocenters. The van der Waals surface area contributed by atoms with Gasteiger partial charge < -0.3 is 9.84 Å². The minimum Gasteiger partial charge on any atom is -0.466 e. The smallest absolute Gasteiger partial charge is 0.306 e. The Balaban J connectivity index is 2.55. The van der Waals surface area contributed by atoms with E-state index < -0.39 is 0 Å². The standard InChI is InChI=1S/C14H20O3/c1-3-17-14(16)9-11(2)8-12-6-4-5-7-13(12)10-15/h4-7,11,15H,3,8-10H2,1-2H3. The van der Waals surface area contributed by atoms with Gasteiger partial charge in [-0.1, -0.05) is 31.2 Å². The van der Waals surface area contributed by atoms with E-state index in [0.29, 0.717) is 13.0 Å². The molecule has 0 saturated carbocycles. The number of hydrogen-bond acceptors (Lipinski definition) is 3. The fraction of sp³-hybridized carbons (Fsp3) is 0.500. The quantitative estimate of drug-likeness (QED) is 0.771. The fourth-order valence-corrected chi connectivity index (χ4v) is 1.86. The molecule has 0 heterocycles. The monoisotopic (exact) mass is 236 g/mol. The molecule has 0 spiro atoms. The summed E-state index contributed by atoms with van der Waals surface area (Å²) in [4.78, 5) is 11.3. The Hall–Kier alpha value is -1.35. The van der Waals surface area contributed by atoms with Gasteiger partial charge in [-0.3, -0.25) is 4.79 Å². The molecule has 1 aromatic rings. The second-order valence-electron chi connectivity index (χ2n) is 4.25. The molecule has 0 bridgehead atoms. The van der Waals surface area contributed by atoms with Crippen molar-refractivity contribution >= 4 is 5.97 Å². The number of esters is 1. The molecule has 1 aromatic carbocycles. The number of aliphatic hydroxyl groups is 1. The van der Waals surface area contributed by atoms with Gasteiger partial charge in [-0.25, -0.2) is 0 Å². The Bertz CT molecular complexity index is 360. The van der Waals surface area contributed by atoms with Crippen molar-refractivity contribution in [3.63, 3.8) is 0 Å². The number of benzene rings is 1. The van der Waals surface area contributed by atoms with E-state index in [2.05, 4.69) is 0 Å². The zero-order valence-corrected chi connectivity index (χ0v) is 10.5. The Labute approximate surface area is 102 Å². The van der Waals surface area contributed by atoms with Crippen LogP contribution in [0.3, 0.4) is 0 Å². The highest BCUT2D eigenvalue weighted by Gasteiger charge is 2.12. The first kappa shape index (κ1) is 13.7. The maximum absolute atomic E-state index is 11.3. The normalized spacial score (nSPS) is 12.2. The molecule has 0 radical (unpaired) electrons. The summed E-state index contributed by atoms with van der Waals surface area (Å²) in [6, 6.07) is 7.76. The number of carbonyl (C=O) groups excluding carboxylic acids is 1. The van der Waals surface area contributed by atoms with Gasteiger partial charge in [0.15, 0.2) is 0 Å². The predicted molar refractivity (Wildman–Crippen MR) is 66.5 cm³/mol. The summed E-state index contributed by atoms with van der Waals surface area (Å²) < 4.78 is 4.92. The summed E-state index contributed by atoms with van der Waals surface area (Å²) in [5.74, 6) is 0.0724. The van der Waals surface area contributed by atoms with Crippen LogP contribution in [-0.4, -0.2) is 17.7 Å². The van der Waals surface area contributed by atoms with E-state index in [4.69, 9.17) is 4.74 Å². The molecule has 0 aromatic heterocycles. The van der Waals surface area contributed by atoms with Gasteiger partial charge in [0.05, 0.1) is 13.2 Å². The van der Waals surface area contributed by atoms with Crippen molar-refractivity contribution in [2.75, 3.05) is 6.61 Å². The lowest BCUT2D eigenvalue weighted by atomic mass is 9.95. The van der Waals surface area contributed by atoms with Crippen molar-refractivity contribution in [3.8, 4) is 0 Å². The van der Waals surface area contributed by atoms with Crippen molar-refractivity contribution < 1.29 is 14.6 Å². The highest BCUT2D eigenvalue weighted by Crippen LogP contribution is 2.16. The molecule has 0 amide bonds. The maximum Gasteiger partial charge on any atom is 0.306 e. The van der Waals surface area contributed by atoms with E-state index in [1.54, 1.807) is 0 Å². The van der Waals surface area contributed by atoms with E-state index in [1.807, 2.05) is 38.1 Å². The number of aliphatic hydroxyl groups excluding tert-OH is 1. The van der Waals surface area contributed by atoms with E-state index in [9.17, 15) is 9.90 Å². The van der Waals surface area contributed by atoms with Crippen molar-refractivity contribution in [1.82, 2.24) is 0 Å². The van der Waals surface area contributed by atoms with Crippen LogP contribution >= 0.6 is 0 Å². The van der Waals surface area contributed by atoms with Crippen molar-refractivity contribution in [3.05, 3.63) is 35.4 Å². The van der Waals surface area contributed by atoms with Crippen molar-refractivity contribution in [2.24, 2.45) is 5.92 Å². The molecule has 0 saturated heterocycles. The molecule has 0 aliphatic rings. The van der Waals surface area contributed by atoms with Gasteiger partial charge in [0.25, 0.3) is 0 Å². The molecule has 94 valence electrons. The van der Waals surface area contributed by atoms with Crippen LogP contribution in [0, 0.1) is 5.92 Å². The zero-order chi connectivity index (χ0) is 12.7. The first-order valence-corrected chi connectivity index (χ1v) is 6.00.